The molecule has 1 nitrogen and oxygen atoms in total. The molecule has 0 saturated heterocycles. The molecule has 82 valence electrons. The summed E-state index contributed by atoms with van der Waals surface area (Å²) in [5.74, 6) is 0.727. The van der Waals surface area contributed by atoms with Crippen LogP contribution >= 0.6 is 0 Å². The first-order chi connectivity index (χ1) is 7.06. The lowest BCUT2D eigenvalue weighted by Gasteiger charge is -2.42. The van der Waals surface area contributed by atoms with Crippen molar-refractivity contribution in [2.45, 2.75) is 51.1 Å². The highest BCUT2D eigenvalue weighted by Gasteiger charge is 2.33. The maximum absolute atomic E-state index is 3.70. The molecule has 0 heterocycles. The van der Waals surface area contributed by atoms with Gasteiger partial charge in [0.05, 0.1) is 0 Å². The molecule has 1 aliphatic carbocycles. The molecule has 1 N–H and O–H groups in total. The first kappa shape index (κ1) is 10.7. The van der Waals surface area contributed by atoms with Crippen LogP contribution in [-0.4, -0.2) is 11.6 Å². The summed E-state index contributed by atoms with van der Waals surface area (Å²) in [7, 11) is 0. The van der Waals surface area contributed by atoms with Gasteiger partial charge in [0.1, 0.15) is 0 Å². The van der Waals surface area contributed by atoms with Gasteiger partial charge in [-0.25, -0.2) is 0 Å². The Morgan fingerprint density at radius 3 is 2.20 bits per heavy atom. The monoisotopic (exact) mass is 203 g/mol. The van der Waals surface area contributed by atoms with Gasteiger partial charge in [0.15, 0.2) is 0 Å². The van der Waals surface area contributed by atoms with Gasteiger partial charge in [0.2, 0.25) is 0 Å². The van der Waals surface area contributed by atoms with E-state index < -0.39 is 0 Å². The summed E-state index contributed by atoms with van der Waals surface area (Å²) >= 11 is 0. The Labute approximate surface area is 92.9 Å². The number of benzene rings is 1. The SMILES string of the molecule is CC(C)(C)NC1CC[C@@H]1c1ccccc1. The Kier molecular flexibility index (Phi) is 2.83. The molecule has 1 aromatic rings. The molecule has 0 radical (unpaired) electrons. The van der Waals surface area contributed by atoms with Gasteiger partial charge >= 0.3 is 0 Å². The van der Waals surface area contributed by atoms with Crippen molar-refractivity contribution in [3.05, 3.63) is 35.9 Å². The van der Waals surface area contributed by atoms with E-state index in [1.54, 1.807) is 0 Å². The van der Waals surface area contributed by atoms with Gasteiger partial charge < -0.3 is 5.32 Å². The number of rotatable bonds is 2. The molecule has 1 aromatic carbocycles. The molecule has 1 unspecified atom stereocenters. The van der Waals surface area contributed by atoms with Gasteiger partial charge in [-0.2, -0.15) is 0 Å². The van der Waals surface area contributed by atoms with E-state index in [2.05, 4.69) is 56.4 Å². The predicted molar refractivity (Wildman–Crippen MR) is 65.1 cm³/mol. The molecule has 0 aromatic heterocycles. The zero-order valence-electron chi connectivity index (χ0n) is 9.96. The largest absolute Gasteiger partial charge is 0.309 e. The van der Waals surface area contributed by atoms with Crippen molar-refractivity contribution >= 4 is 0 Å². The van der Waals surface area contributed by atoms with Crippen molar-refractivity contribution < 1.29 is 0 Å². The summed E-state index contributed by atoms with van der Waals surface area (Å²) in [5.41, 5.74) is 1.73. The van der Waals surface area contributed by atoms with E-state index in [4.69, 9.17) is 0 Å². The van der Waals surface area contributed by atoms with Crippen LogP contribution in [0.25, 0.3) is 0 Å². The van der Waals surface area contributed by atoms with Gasteiger partial charge in [-0.05, 0) is 45.1 Å². The molecule has 1 aliphatic rings. The second-order valence-electron chi connectivity index (χ2n) is 5.60. The highest BCUT2D eigenvalue weighted by atomic mass is 15.0. The van der Waals surface area contributed by atoms with Crippen molar-refractivity contribution in [2.75, 3.05) is 0 Å². The van der Waals surface area contributed by atoms with E-state index in [0.717, 1.165) is 5.92 Å². The highest BCUT2D eigenvalue weighted by molar-refractivity contribution is 5.24. The molecule has 1 saturated carbocycles. The molecule has 2 rings (SSSR count). The predicted octanol–water partition coefficient (Wildman–Crippen LogP) is 3.32. The van der Waals surface area contributed by atoms with E-state index >= 15 is 0 Å². The lowest BCUT2D eigenvalue weighted by atomic mass is 9.74. The van der Waals surface area contributed by atoms with Crippen LogP contribution in [0.15, 0.2) is 30.3 Å². The van der Waals surface area contributed by atoms with Crippen LogP contribution in [0.5, 0.6) is 0 Å². The first-order valence-electron chi connectivity index (χ1n) is 5.89. The van der Waals surface area contributed by atoms with Gasteiger partial charge in [0.25, 0.3) is 0 Å². The summed E-state index contributed by atoms with van der Waals surface area (Å²) in [6.07, 6.45) is 2.65. The lowest BCUT2D eigenvalue weighted by Crippen LogP contribution is -2.50. The van der Waals surface area contributed by atoms with E-state index in [-0.39, 0.29) is 5.54 Å². The van der Waals surface area contributed by atoms with E-state index in [0.29, 0.717) is 6.04 Å². The number of nitrogens with one attached hydrogen (secondary N) is 1. The molecule has 1 fully saturated rings. The van der Waals surface area contributed by atoms with Gasteiger partial charge in [-0.15, -0.1) is 0 Å². The Morgan fingerprint density at radius 2 is 1.73 bits per heavy atom. The fourth-order valence-corrected chi connectivity index (χ4v) is 2.33. The topological polar surface area (TPSA) is 12.0 Å². The minimum atomic E-state index is 0.234. The lowest BCUT2D eigenvalue weighted by molar-refractivity contribution is 0.228. The third kappa shape index (κ3) is 2.60. The minimum absolute atomic E-state index is 0.234. The highest BCUT2D eigenvalue weighted by Crippen LogP contribution is 2.37. The molecule has 0 spiro atoms. The van der Waals surface area contributed by atoms with E-state index in [1.807, 2.05) is 0 Å². The second-order valence-corrected chi connectivity index (χ2v) is 5.60. The van der Waals surface area contributed by atoms with Crippen LogP contribution in [0.4, 0.5) is 0 Å². The summed E-state index contributed by atoms with van der Waals surface area (Å²) in [6.45, 7) is 6.73. The Bertz CT molecular complexity index is 310. The summed E-state index contributed by atoms with van der Waals surface area (Å²) in [5, 5.41) is 3.70. The fraction of sp³-hybridized carbons (Fsp3) is 0.571. The Balaban J connectivity index is 2.01. The van der Waals surface area contributed by atoms with Gasteiger partial charge in [-0.3, -0.25) is 0 Å². The van der Waals surface area contributed by atoms with Crippen LogP contribution in [-0.2, 0) is 0 Å². The molecule has 2 atom stereocenters. The van der Waals surface area contributed by atoms with Crippen LogP contribution in [0, 0.1) is 0 Å². The summed E-state index contributed by atoms with van der Waals surface area (Å²) in [6, 6.07) is 11.5. The molecule has 0 aliphatic heterocycles. The zero-order chi connectivity index (χ0) is 10.9. The second kappa shape index (κ2) is 3.97. The minimum Gasteiger partial charge on any atom is -0.309 e. The van der Waals surface area contributed by atoms with Crippen molar-refractivity contribution in [3.63, 3.8) is 0 Å². The van der Waals surface area contributed by atoms with Crippen LogP contribution in [0.3, 0.4) is 0 Å². The van der Waals surface area contributed by atoms with E-state index in [9.17, 15) is 0 Å². The third-order valence-corrected chi connectivity index (χ3v) is 3.12. The van der Waals surface area contributed by atoms with Crippen molar-refractivity contribution in [1.29, 1.82) is 0 Å². The first-order valence-corrected chi connectivity index (χ1v) is 5.89. The van der Waals surface area contributed by atoms with Crippen molar-refractivity contribution in [2.24, 2.45) is 0 Å². The van der Waals surface area contributed by atoms with Gasteiger partial charge in [-0.1, -0.05) is 30.3 Å². The number of hydrogen-bond acceptors (Lipinski definition) is 1. The Hall–Kier alpha value is -0.820. The van der Waals surface area contributed by atoms with E-state index in [1.165, 1.54) is 18.4 Å². The smallest absolute Gasteiger partial charge is 0.0141 e. The van der Waals surface area contributed by atoms with Crippen LogP contribution in [0.2, 0.25) is 0 Å². The molecule has 0 amide bonds. The van der Waals surface area contributed by atoms with Crippen LogP contribution in [0.1, 0.15) is 45.1 Å². The molecule has 15 heavy (non-hydrogen) atoms. The average molecular weight is 203 g/mol. The number of hydrogen-bond donors (Lipinski definition) is 1. The molecular weight excluding hydrogens is 182 g/mol. The summed E-state index contributed by atoms with van der Waals surface area (Å²) in [4.78, 5) is 0. The standard InChI is InChI=1S/C14H21N/c1-14(2,3)15-13-10-9-12(13)11-7-5-4-6-8-11/h4-8,12-13,15H,9-10H2,1-3H3/t12-,13?/m1/s1. The summed E-state index contributed by atoms with van der Waals surface area (Å²) < 4.78 is 0. The molecular formula is C14H21N. The quantitative estimate of drug-likeness (QED) is 0.777. The van der Waals surface area contributed by atoms with Crippen LogP contribution < -0.4 is 5.32 Å². The third-order valence-electron chi connectivity index (χ3n) is 3.12. The zero-order valence-corrected chi connectivity index (χ0v) is 9.96. The molecule has 1 heteroatoms. The fourth-order valence-electron chi connectivity index (χ4n) is 2.33. The van der Waals surface area contributed by atoms with Crippen molar-refractivity contribution in [3.8, 4) is 0 Å². The average Bonchev–Trinajstić information content (AvgIpc) is 2.13. The molecule has 0 bridgehead atoms. The normalized spacial score (nSPS) is 26.1. The maximum atomic E-state index is 3.70. The Morgan fingerprint density at radius 1 is 1.07 bits per heavy atom. The maximum Gasteiger partial charge on any atom is 0.0141 e. The van der Waals surface area contributed by atoms with Crippen molar-refractivity contribution in [1.82, 2.24) is 5.32 Å². The van der Waals surface area contributed by atoms with Gasteiger partial charge in [0, 0.05) is 11.6 Å².